The molecule has 0 bridgehead atoms. The van der Waals surface area contributed by atoms with Crippen LogP contribution in [-0.2, 0) is 19.4 Å². The zero-order chi connectivity index (χ0) is 15.8. The van der Waals surface area contributed by atoms with Gasteiger partial charge in [-0.25, -0.2) is 4.39 Å². The first-order valence-corrected chi connectivity index (χ1v) is 7.84. The molecule has 3 heteroatoms. The maximum atomic E-state index is 13.5. The normalized spacial score (nSPS) is 12.3. The summed E-state index contributed by atoms with van der Waals surface area (Å²) in [4.78, 5) is 0. The average molecular weight is 301 g/mol. The second kappa shape index (κ2) is 8.66. The highest BCUT2D eigenvalue weighted by atomic mass is 19.1. The summed E-state index contributed by atoms with van der Waals surface area (Å²) in [6.45, 7) is 3.12. The summed E-state index contributed by atoms with van der Waals surface area (Å²) < 4.78 is 13.5. The molecule has 0 fully saturated rings. The average Bonchev–Trinajstić information content (AvgIpc) is 2.55. The number of rotatable bonds is 8. The van der Waals surface area contributed by atoms with Crippen LogP contribution < -0.4 is 5.32 Å². The van der Waals surface area contributed by atoms with Crippen LogP contribution in [0.15, 0.2) is 48.5 Å². The predicted octanol–water partition coefficient (Wildman–Crippen LogP) is 3.47. The molecule has 0 radical (unpaired) electrons. The fourth-order valence-corrected chi connectivity index (χ4v) is 2.45. The minimum atomic E-state index is -0.112. The Morgan fingerprint density at radius 3 is 2.36 bits per heavy atom. The van der Waals surface area contributed by atoms with Gasteiger partial charge < -0.3 is 10.4 Å². The Bertz CT molecular complexity index is 568. The summed E-state index contributed by atoms with van der Waals surface area (Å²) in [6, 6.07) is 15.3. The van der Waals surface area contributed by atoms with E-state index in [0.717, 1.165) is 36.9 Å². The number of benzene rings is 2. The van der Waals surface area contributed by atoms with Gasteiger partial charge in [-0.05, 0) is 55.5 Å². The highest BCUT2D eigenvalue weighted by molar-refractivity contribution is 5.22. The van der Waals surface area contributed by atoms with Crippen LogP contribution in [0.25, 0.3) is 0 Å². The van der Waals surface area contributed by atoms with E-state index >= 15 is 0 Å². The Balaban J connectivity index is 1.69. The second-order valence-corrected chi connectivity index (χ2v) is 5.71. The first-order valence-electron chi connectivity index (χ1n) is 7.84. The largest absolute Gasteiger partial charge is 0.392 e. The van der Waals surface area contributed by atoms with Crippen LogP contribution >= 0.6 is 0 Å². The number of nitrogens with one attached hydrogen (secondary N) is 1. The number of hydrogen-bond acceptors (Lipinski definition) is 2. The SMILES string of the molecule is CC(CCc1ccccc1F)NCCc1ccc(CO)cc1. The zero-order valence-electron chi connectivity index (χ0n) is 13.1. The van der Waals surface area contributed by atoms with Crippen molar-refractivity contribution in [2.45, 2.75) is 38.8 Å². The Labute approximate surface area is 132 Å². The third-order valence-corrected chi connectivity index (χ3v) is 3.92. The molecule has 2 rings (SSSR count). The standard InChI is InChI=1S/C19H24FNO/c1-15(6-11-18-4-2-3-5-19(18)20)21-13-12-16-7-9-17(14-22)10-8-16/h2-5,7-10,15,21-22H,6,11-14H2,1H3. The van der Waals surface area contributed by atoms with Gasteiger partial charge in [0.1, 0.15) is 5.82 Å². The zero-order valence-corrected chi connectivity index (χ0v) is 13.1. The number of hydrogen-bond donors (Lipinski definition) is 2. The van der Waals surface area contributed by atoms with E-state index in [-0.39, 0.29) is 12.4 Å². The number of aliphatic hydroxyl groups is 1. The Hall–Kier alpha value is -1.71. The van der Waals surface area contributed by atoms with E-state index in [4.69, 9.17) is 5.11 Å². The van der Waals surface area contributed by atoms with Gasteiger partial charge in [0.25, 0.3) is 0 Å². The quantitative estimate of drug-likeness (QED) is 0.782. The number of halogens is 1. The Morgan fingerprint density at radius 2 is 1.68 bits per heavy atom. The lowest BCUT2D eigenvalue weighted by Crippen LogP contribution is -2.28. The molecule has 0 aliphatic heterocycles. The topological polar surface area (TPSA) is 32.3 Å². The third kappa shape index (κ3) is 5.24. The molecule has 0 aliphatic rings. The maximum absolute atomic E-state index is 13.5. The molecule has 2 nitrogen and oxygen atoms in total. The van der Waals surface area contributed by atoms with Gasteiger partial charge in [-0.3, -0.25) is 0 Å². The van der Waals surface area contributed by atoms with E-state index in [1.54, 1.807) is 6.07 Å². The van der Waals surface area contributed by atoms with Crippen molar-refractivity contribution in [1.29, 1.82) is 0 Å². The summed E-state index contributed by atoms with van der Waals surface area (Å²) in [6.07, 6.45) is 2.63. The molecule has 2 aromatic rings. The first kappa shape index (κ1) is 16.7. The highest BCUT2D eigenvalue weighted by Crippen LogP contribution is 2.10. The van der Waals surface area contributed by atoms with Crippen LogP contribution in [0.3, 0.4) is 0 Å². The molecule has 22 heavy (non-hydrogen) atoms. The molecule has 1 unspecified atom stereocenters. The minimum absolute atomic E-state index is 0.0889. The molecule has 0 saturated carbocycles. The lowest BCUT2D eigenvalue weighted by atomic mass is 10.1. The van der Waals surface area contributed by atoms with Crippen LogP contribution in [0.4, 0.5) is 4.39 Å². The van der Waals surface area contributed by atoms with Crippen molar-refractivity contribution in [3.05, 3.63) is 71.0 Å². The van der Waals surface area contributed by atoms with E-state index in [1.165, 1.54) is 11.6 Å². The van der Waals surface area contributed by atoms with Crippen molar-refractivity contribution >= 4 is 0 Å². The van der Waals surface area contributed by atoms with E-state index in [1.807, 2.05) is 24.3 Å². The van der Waals surface area contributed by atoms with Gasteiger partial charge in [-0.1, -0.05) is 42.5 Å². The summed E-state index contributed by atoms with van der Waals surface area (Å²) in [7, 11) is 0. The van der Waals surface area contributed by atoms with Gasteiger partial charge >= 0.3 is 0 Å². The van der Waals surface area contributed by atoms with Crippen LogP contribution in [0, 0.1) is 5.82 Å². The van der Waals surface area contributed by atoms with E-state index < -0.39 is 0 Å². The van der Waals surface area contributed by atoms with Gasteiger partial charge in [0.2, 0.25) is 0 Å². The molecule has 0 aromatic heterocycles. The number of aliphatic hydroxyl groups excluding tert-OH is 1. The number of aryl methyl sites for hydroxylation is 1. The van der Waals surface area contributed by atoms with Gasteiger partial charge in [0, 0.05) is 6.04 Å². The third-order valence-electron chi connectivity index (χ3n) is 3.92. The fraction of sp³-hybridized carbons (Fsp3) is 0.368. The van der Waals surface area contributed by atoms with Gasteiger partial charge in [0.15, 0.2) is 0 Å². The van der Waals surface area contributed by atoms with Crippen LogP contribution in [0.5, 0.6) is 0 Å². The van der Waals surface area contributed by atoms with Crippen molar-refractivity contribution in [3.63, 3.8) is 0 Å². The van der Waals surface area contributed by atoms with Crippen molar-refractivity contribution in [3.8, 4) is 0 Å². The second-order valence-electron chi connectivity index (χ2n) is 5.71. The molecule has 0 aliphatic carbocycles. The lowest BCUT2D eigenvalue weighted by Gasteiger charge is -2.14. The minimum Gasteiger partial charge on any atom is -0.392 e. The summed E-state index contributed by atoms with van der Waals surface area (Å²) in [5.74, 6) is -0.112. The van der Waals surface area contributed by atoms with Crippen molar-refractivity contribution in [2.24, 2.45) is 0 Å². The Kier molecular flexibility index (Phi) is 6.56. The first-order chi connectivity index (χ1) is 10.7. The monoisotopic (exact) mass is 301 g/mol. The molecule has 0 spiro atoms. The Morgan fingerprint density at radius 1 is 1.00 bits per heavy atom. The molecule has 0 amide bonds. The van der Waals surface area contributed by atoms with E-state index in [9.17, 15) is 4.39 Å². The molecule has 2 aromatic carbocycles. The molecular formula is C19H24FNO. The molecule has 0 saturated heterocycles. The molecule has 2 N–H and O–H groups in total. The summed E-state index contributed by atoms with van der Waals surface area (Å²) in [5, 5.41) is 12.5. The highest BCUT2D eigenvalue weighted by Gasteiger charge is 2.05. The predicted molar refractivity (Wildman–Crippen MR) is 88.3 cm³/mol. The van der Waals surface area contributed by atoms with E-state index in [2.05, 4.69) is 24.4 Å². The van der Waals surface area contributed by atoms with Crippen LogP contribution in [0.1, 0.15) is 30.0 Å². The molecular weight excluding hydrogens is 277 g/mol. The van der Waals surface area contributed by atoms with E-state index in [0.29, 0.717) is 6.04 Å². The van der Waals surface area contributed by atoms with Crippen molar-refractivity contribution in [1.82, 2.24) is 5.32 Å². The summed E-state index contributed by atoms with van der Waals surface area (Å²) in [5.41, 5.74) is 2.98. The van der Waals surface area contributed by atoms with Crippen molar-refractivity contribution in [2.75, 3.05) is 6.54 Å². The van der Waals surface area contributed by atoms with Gasteiger partial charge in [-0.2, -0.15) is 0 Å². The lowest BCUT2D eigenvalue weighted by molar-refractivity contribution is 0.282. The smallest absolute Gasteiger partial charge is 0.126 e. The molecule has 0 heterocycles. The van der Waals surface area contributed by atoms with Crippen LogP contribution in [-0.4, -0.2) is 17.7 Å². The van der Waals surface area contributed by atoms with Crippen molar-refractivity contribution < 1.29 is 9.50 Å². The maximum Gasteiger partial charge on any atom is 0.126 e. The molecule has 1 atom stereocenters. The van der Waals surface area contributed by atoms with Crippen LogP contribution in [0.2, 0.25) is 0 Å². The fourth-order valence-electron chi connectivity index (χ4n) is 2.45. The summed E-state index contributed by atoms with van der Waals surface area (Å²) >= 11 is 0. The van der Waals surface area contributed by atoms with Gasteiger partial charge in [0.05, 0.1) is 6.61 Å². The molecule has 118 valence electrons. The van der Waals surface area contributed by atoms with Gasteiger partial charge in [-0.15, -0.1) is 0 Å².